The number of hydrogen-bond acceptors (Lipinski definition) is 3. The molecule has 0 aromatic heterocycles. The van der Waals surface area contributed by atoms with Crippen LogP contribution in [0.5, 0.6) is 0 Å². The van der Waals surface area contributed by atoms with E-state index in [1.165, 1.54) is 0 Å². The van der Waals surface area contributed by atoms with Gasteiger partial charge in [0.05, 0.1) is 33.0 Å². The molecular formula is C17H30O3Si. The van der Waals surface area contributed by atoms with Crippen molar-refractivity contribution in [3.63, 3.8) is 0 Å². The van der Waals surface area contributed by atoms with Crippen LogP contribution in [-0.4, -0.2) is 47.7 Å². The van der Waals surface area contributed by atoms with Gasteiger partial charge in [0.25, 0.3) is 0 Å². The lowest BCUT2D eigenvalue weighted by Gasteiger charge is -2.31. The van der Waals surface area contributed by atoms with Crippen LogP contribution < -0.4 is 0 Å². The summed E-state index contributed by atoms with van der Waals surface area (Å²) in [7, 11) is -1.51. The Hall–Kier alpha value is -0.783. The fourth-order valence-corrected chi connectivity index (χ4v) is 2.03. The minimum absolute atomic E-state index is 0.294. The van der Waals surface area contributed by atoms with Gasteiger partial charge in [0, 0.05) is 6.42 Å². The standard InChI is InChI=1S/C17H30O3Si/c1-7-8-10-18-12-14-20-15-13-19-11-9-16-21(5,6)17(2,3)4/h1H,8,10-15H2,2-6H3. The number of ether oxygens (including phenoxy) is 3. The number of rotatable bonds is 9. The van der Waals surface area contributed by atoms with Crippen LogP contribution in [0.2, 0.25) is 18.1 Å². The molecule has 0 aliphatic carbocycles. The van der Waals surface area contributed by atoms with Gasteiger partial charge in [0.1, 0.15) is 14.7 Å². The van der Waals surface area contributed by atoms with Crippen molar-refractivity contribution < 1.29 is 14.2 Å². The molecule has 0 aromatic carbocycles. The molecule has 0 radical (unpaired) electrons. The highest BCUT2D eigenvalue weighted by Gasteiger charge is 2.33. The first-order valence-corrected chi connectivity index (χ1v) is 10.5. The molecule has 0 saturated heterocycles. The molecule has 0 atom stereocenters. The third-order valence-electron chi connectivity index (χ3n) is 3.58. The van der Waals surface area contributed by atoms with Gasteiger partial charge in [-0.25, -0.2) is 0 Å². The summed E-state index contributed by atoms with van der Waals surface area (Å²) in [5.74, 6) is 5.67. The molecule has 0 fully saturated rings. The van der Waals surface area contributed by atoms with Gasteiger partial charge in [0.15, 0.2) is 0 Å². The van der Waals surface area contributed by atoms with E-state index in [0.717, 1.165) is 0 Å². The van der Waals surface area contributed by atoms with Crippen molar-refractivity contribution in [1.82, 2.24) is 0 Å². The maximum atomic E-state index is 5.44. The van der Waals surface area contributed by atoms with E-state index in [0.29, 0.717) is 51.1 Å². The summed E-state index contributed by atoms with van der Waals surface area (Å²) in [6.07, 6.45) is 5.76. The van der Waals surface area contributed by atoms with Gasteiger partial charge in [-0.3, -0.25) is 0 Å². The van der Waals surface area contributed by atoms with E-state index in [1.54, 1.807) is 0 Å². The Morgan fingerprint density at radius 3 is 1.95 bits per heavy atom. The quantitative estimate of drug-likeness (QED) is 0.372. The van der Waals surface area contributed by atoms with Crippen molar-refractivity contribution in [3.8, 4) is 23.8 Å². The Morgan fingerprint density at radius 2 is 1.43 bits per heavy atom. The van der Waals surface area contributed by atoms with Crippen molar-refractivity contribution in [2.45, 2.75) is 45.3 Å². The second kappa shape index (κ2) is 10.9. The minimum Gasteiger partial charge on any atom is -0.378 e. The fraction of sp³-hybridized carbons (Fsp3) is 0.765. The van der Waals surface area contributed by atoms with Crippen LogP contribution in [0.25, 0.3) is 0 Å². The Morgan fingerprint density at radius 1 is 0.905 bits per heavy atom. The second-order valence-corrected chi connectivity index (χ2v) is 11.4. The number of terminal acetylenes is 1. The Labute approximate surface area is 131 Å². The molecule has 0 bridgehead atoms. The predicted octanol–water partition coefficient (Wildman–Crippen LogP) is 3.11. The van der Waals surface area contributed by atoms with Gasteiger partial charge in [-0.2, -0.15) is 0 Å². The molecule has 0 rings (SSSR count). The van der Waals surface area contributed by atoms with Crippen LogP contribution in [-0.2, 0) is 14.2 Å². The fourth-order valence-electron chi connectivity index (χ4n) is 1.14. The van der Waals surface area contributed by atoms with Crippen molar-refractivity contribution in [3.05, 3.63) is 0 Å². The molecule has 0 aromatic rings. The highest BCUT2D eigenvalue weighted by atomic mass is 28.3. The predicted molar refractivity (Wildman–Crippen MR) is 90.9 cm³/mol. The molecule has 3 nitrogen and oxygen atoms in total. The van der Waals surface area contributed by atoms with Crippen molar-refractivity contribution in [2.75, 3.05) is 39.6 Å². The number of hydrogen-bond donors (Lipinski definition) is 0. The summed E-state index contributed by atoms with van der Waals surface area (Å²) in [6.45, 7) is 14.7. The summed E-state index contributed by atoms with van der Waals surface area (Å²) in [4.78, 5) is 0. The summed E-state index contributed by atoms with van der Waals surface area (Å²) in [5, 5.41) is 0.294. The Balaban J connectivity index is 3.52. The topological polar surface area (TPSA) is 27.7 Å². The third kappa shape index (κ3) is 10.6. The first-order valence-electron chi connectivity index (χ1n) is 7.48. The van der Waals surface area contributed by atoms with Crippen LogP contribution in [0, 0.1) is 23.8 Å². The largest absolute Gasteiger partial charge is 0.378 e. The summed E-state index contributed by atoms with van der Waals surface area (Å²) in [5.41, 5.74) is 3.42. The molecular weight excluding hydrogens is 280 g/mol. The van der Waals surface area contributed by atoms with Crippen LogP contribution in [0.1, 0.15) is 27.2 Å². The maximum absolute atomic E-state index is 5.44. The normalized spacial score (nSPS) is 11.6. The molecule has 0 N–H and O–H groups in total. The van der Waals surface area contributed by atoms with Crippen molar-refractivity contribution in [1.29, 1.82) is 0 Å². The first-order chi connectivity index (χ1) is 9.81. The lowest BCUT2D eigenvalue weighted by atomic mass is 10.2. The lowest BCUT2D eigenvalue weighted by Crippen LogP contribution is -2.35. The second-order valence-electron chi connectivity index (χ2n) is 6.41. The molecule has 0 unspecified atom stereocenters. The van der Waals surface area contributed by atoms with Gasteiger partial charge in [-0.05, 0) is 5.04 Å². The molecule has 0 saturated carbocycles. The van der Waals surface area contributed by atoms with E-state index in [1.807, 2.05) is 0 Å². The summed E-state index contributed by atoms with van der Waals surface area (Å²) < 4.78 is 16.1. The van der Waals surface area contributed by atoms with Gasteiger partial charge in [-0.15, -0.1) is 17.9 Å². The molecule has 0 heterocycles. The zero-order chi connectivity index (χ0) is 16.2. The average Bonchev–Trinajstić information content (AvgIpc) is 2.38. The Kier molecular flexibility index (Phi) is 10.5. The van der Waals surface area contributed by atoms with E-state index in [9.17, 15) is 0 Å². The zero-order valence-corrected chi connectivity index (χ0v) is 15.3. The average molecular weight is 311 g/mol. The van der Waals surface area contributed by atoms with E-state index in [2.05, 4.69) is 51.2 Å². The maximum Gasteiger partial charge on any atom is 0.137 e. The third-order valence-corrected chi connectivity index (χ3v) is 8.14. The molecule has 4 heteroatoms. The highest BCUT2D eigenvalue weighted by Crippen LogP contribution is 2.34. The summed E-state index contributed by atoms with van der Waals surface area (Å²) >= 11 is 0. The van der Waals surface area contributed by atoms with Gasteiger partial charge >= 0.3 is 0 Å². The van der Waals surface area contributed by atoms with Gasteiger partial charge < -0.3 is 14.2 Å². The van der Waals surface area contributed by atoms with Gasteiger partial charge in [-0.1, -0.05) is 39.8 Å². The van der Waals surface area contributed by atoms with E-state index < -0.39 is 8.07 Å². The van der Waals surface area contributed by atoms with Crippen molar-refractivity contribution >= 4 is 8.07 Å². The van der Waals surface area contributed by atoms with E-state index in [-0.39, 0.29) is 0 Å². The van der Waals surface area contributed by atoms with Crippen LogP contribution in [0.4, 0.5) is 0 Å². The zero-order valence-electron chi connectivity index (χ0n) is 14.3. The first kappa shape index (κ1) is 20.2. The SMILES string of the molecule is C#CCCOCCOCCOCC#C[Si](C)(C)C(C)(C)C. The minimum atomic E-state index is -1.51. The molecule has 0 aliphatic rings. The van der Waals surface area contributed by atoms with Gasteiger partial charge in [0.2, 0.25) is 0 Å². The van der Waals surface area contributed by atoms with E-state index in [4.69, 9.17) is 20.6 Å². The smallest absolute Gasteiger partial charge is 0.137 e. The van der Waals surface area contributed by atoms with Crippen LogP contribution in [0.15, 0.2) is 0 Å². The molecule has 0 aliphatic heterocycles. The van der Waals surface area contributed by atoms with E-state index >= 15 is 0 Å². The molecule has 0 spiro atoms. The molecule has 21 heavy (non-hydrogen) atoms. The molecule has 120 valence electrons. The monoisotopic (exact) mass is 310 g/mol. The summed E-state index contributed by atoms with van der Waals surface area (Å²) in [6, 6.07) is 0. The van der Waals surface area contributed by atoms with Crippen molar-refractivity contribution in [2.24, 2.45) is 0 Å². The lowest BCUT2D eigenvalue weighted by molar-refractivity contribution is 0.0215. The Bertz CT molecular complexity index is 366. The molecule has 0 amide bonds. The van der Waals surface area contributed by atoms with Crippen LogP contribution in [0.3, 0.4) is 0 Å². The van der Waals surface area contributed by atoms with Crippen LogP contribution >= 0.6 is 0 Å². The highest BCUT2D eigenvalue weighted by molar-refractivity contribution is 6.87.